The predicted molar refractivity (Wildman–Crippen MR) is 66.4 cm³/mol. The van der Waals surface area contributed by atoms with Gasteiger partial charge in [0.1, 0.15) is 5.69 Å². The van der Waals surface area contributed by atoms with Gasteiger partial charge in [-0.25, -0.2) is 4.79 Å². The molecule has 1 aromatic heterocycles. The van der Waals surface area contributed by atoms with E-state index in [0.717, 1.165) is 11.3 Å². The number of rotatable bonds is 4. The second-order valence-electron chi connectivity index (χ2n) is 3.45. The zero-order valence-corrected chi connectivity index (χ0v) is 10.1. The zero-order chi connectivity index (χ0) is 14.0. The van der Waals surface area contributed by atoms with Crippen LogP contribution in [0.25, 0.3) is 10.2 Å². The molecule has 98 valence electrons. The van der Waals surface area contributed by atoms with E-state index in [4.69, 9.17) is 10.2 Å². The summed E-state index contributed by atoms with van der Waals surface area (Å²) in [6, 6.07) is 2.66. The molecule has 0 amide bonds. The third kappa shape index (κ3) is 2.65. The van der Waals surface area contributed by atoms with Gasteiger partial charge in [0.15, 0.2) is 6.54 Å². The largest absolute Gasteiger partial charge is 0.480 e. The van der Waals surface area contributed by atoms with Crippen LogP contribution >= 0.6 is 11.3 Å². The van der Waals surface area contributed by atoms with Gasteiger partial charge in [-0.3, -0.25) is 9.59 Å². The molecule has 2 aromatic rings. The van der Waals surface area contributed by atoms with Crippen LogP contribution in [0, 0.1) is 0 Å². The molecule has 3 N–H and O–H groups in total. The van der Waals surface area contributed by atoms with Crippen LogP contribution in [0.4, 0.5) is 5.69 Å². The lowest BCUT2D eigenvalue weighted by Gasteiger charge is -1.98. The minimum Gasteiger partial charge on any atom is -0.480 e. The number of carboxylic acid groups (broad SMARTS) is 2. The van der Waals surface area contributed by atoms with Crippen LogP contribution in [-0.4, -0.2) is 33.7 Å². The molecule has 0 saturated carbocycles. The van der Waals surface area contributed by atoms with E-state index in [1.165, 1.54) is 12.1 Å². The summed E-state index contributed by atoms with van der Waals surface area (Å²) in [5.41, 5.74) is 0.444. The molecule has 0 fully saturated rings. The second kappa shape index (κ2) is 4.98. The number of aromatic amines is 1. The van der Waals surface area contributed by atoms with Gasteiger partial charge in [-0.2, -0.15) is 10.2 Å². The molecule has 0 atom stereocenters. The highest BCUT2D eigenvalue weighted by atomic mass is 32.1. The van der Waals surface area contributed by atoms with Gasteiger partial charge in [0.2, 0.25) is 0 Å². The Hall–Kier alpha value is -2.55. The molecular formula is C10H7N3O5S. The molecule has 19 heavy (non-hydrogen) atoms. The maximum absolute atomic E-state index is 11.3. The summed E-state index contributed by atoms with van der Waals surface area (Å²) in [6.07, 6.45) is 0. The number of aliphatic carboxylic acids is 1. The maximum Gasteiger partial charge on any atom is 0.337 e. The number of hydrogen-bond donors (Lipinski definition) is 3. The normalized spacial score (nSPS) is 11.2. The van der Waals surface area contributed by atoms with Gasteiger partial charge < -0.3 is 15.2 Å². The van der Waals surface area contributed by atoms with Crippen LogP contribution in [0.2, 0.25) is 0 Å². The Morgan fingerprint density at radius 2 is 2.05 bits per heavy atom. The molecule has 0 radical (unpaired) electrons. The minimum absolute atomic E-state index is 0.0180. The maximum atomic E-state index is 11.3. The first-order valence-corrected chi connectivity index (χ1v) is 5.79. The van der Waals surface area contributed by atoms with Crippen LogP contribution in [0.15, 0.2) is 27.2 Å². The smallest absolute Gasteiger partial charge is 0.337 e. The van der Waals surface area contributed by atoms with Gasteiger partial charge in [0.25, 0.3) is 0 Å². The van der Waals surface area contributed by atoms with E-state index in [1.807, 2.05) is 0 Å². The number of benzene rings is 1. The van der Waals surface area contributed by atoms with Crippen molar-refractivity contribution >= 4 is 39.2 Å². The molecule has 1 aromatic carbocycles. The van der Waals surface area contributed by atoms with Crippen molar-refractivity contribution < 1.29 is 19.8 Å². The fraction of sp³-hybridized carbons (Fsp3) is 0.100. The van der Waals surface area contributed by atoms with Crippen LogP contribution in [0.5, 0.6) is 0 Å². The Bertz CT molecular complexity index is 745. The number of aromatic nitrogens is 1. The summed E-state index contributed by atoms with van der Waals surface area (Å²) in [6.45, 7) is -0.503. The number of azo groups is 1. The molecule has 0 aliphatic heterocycles. The van der Waals surface area contributed by atoms with Gasteiger partial charge >= 0.3 is 16.8 Å². The monoisotopic (exact) mass is 281 g/mol. The summed E-state index contributed by atoms with van der Waals surface area (Å²) >= 11 is 0.751. The van der Waals surface area contributed by atoms with E-state index < -0.39 is 23.4 Å². The summed E-state index contributed by atoms with van der Waals surface area (Å²) < 4.78 is 0.254. The van der Waals surface area contributed by atoms with Gasteiger partial charge in [0, 0.05) is 0 Å². The number of nitrogens with one attached hydrogen (secondary N) is 1. The number of carbonyl (C=O) groups is 2. The summed E-state index contributed by atoms with van der Waals surface area (Å²) in [5.74, 6) is -2.30. The number of fused-ring (bicyclic) bond motifs is 1. The van der Waals surface area contributed by atoms with Crippen LogP contribution < -0.4 is 4.87 Å². The van der Waals surface area contributed by atoms with E-state index >= 15 is 0 Å². The van der Waals surface area contributed by atoms with Gasteiger partial charge in [-0.1, -0.05) is 11.3 Å². The molecule has 0 aliphatic carbocycles. The standard InChI is InChI=1S/C10H7N3O5S/c14-6(15)3-11-13-5-2-1-4(9(16)17)8-7(5)12-10(18)19-8/h1-2H,3H2,(H,12,18)(H,14,15)(H,16,17). The van der Waals surface area contributed by atoms with E-state index in [2.05, 4.69) is 15.2 Å². The summed E-state index contributed by atoms with van der Waals surface area (Å²) in [7, 11) is 0. The average molecular weight is 281 g/mol. The van der Waals surface area contributed by atoms with Crippen molar-refractivity contribution in [1.82, 2.24) is 4.98 Å². The Kier molecular flexibility index (Phi) is 3.38. The van der Waals surface area contributed by atoms with Gasteiger partial charge in [-0.05, 0) is 12.1 Å². The van der Waals surface area contributed by atoms with E-state index in [0.29, 0.717) is 0 Å². The van der Waals surface area contributed by atoms with Crippen molar-refractivity contribution in [2.24, 2.45) is 10.2 Å². The lowest BCUT2D eigenvalue weighted by Crippen LogP contribution is -1.98. The van der Waals surface area contributed by atoms with Gasteiger partial charge in [-0.15, -0.1) is 0 Å². The number of aromatic carboxylic acids is 1. The third-order valence-electron chi connectivity index (χ3n) is 2.17. The zero-order valence-electron chi connectivity index (χ0n) is 9.28. The lowest BCUT2D eigenvalue weighted by molar-refractivity contribution is -0.135. The lowest BCUT2D eigenvalue weighted by atomic mass is 10.2. The first-order chi connectivity index (χ1) is 8.99. The highest BCUT2D eigenvalue weighted by Crippen LogP contribution is 2.29. The third-order valence-corrected chi connectivity index (χ3v) is 3.09. The highest BCUT2D eigenvalue weighted by Gasteiger charge is 2.14. The highest BCUT2D eigenvalue weighted by molar-refractivity contribution is 7.16. The fourth-order valence-corrected chi connectivity index (χ4v) is 2.30. The molecule has 0 aliphatic rings. The first-order valence-electron chi connectivity index (χ1n) is 4.97. The van der Waals surface area contributed by atoms with Crippen molar-refractivity contribution in [3.8, 4) is 0 Å². The van der Waals surface area contributed by atoms with Crippen molar-refractivity contribution in [2.75, 3.05) is 6.54 Å². The van der Waals surface area contributed by atoms with E-state index in [9.17, 15) is 14.4 Å². The quantitative estimate of drug-likeness (QED) is 0.729. The first kappa shape index (κ1) is 12.9. The topological polar surface area (TPSA) is 132 Å². The number of thiazole rings is 1. The Balaban J connectivity index is 2.55. The van der Waals surface area contributed by atoms with Crippen LogP contribution in [0.3, 0.4) is 0 Å². The molecule has 0 spiro atoms. The SMILES string of the molecule is O=C(O)CN=Nc1ccc(C(=O)O)c2sc(=O)[nH]c12. The molecule has 0 unspecified atom stereocenters. The Labute approximate surface area is 109 Å². The number of H-pyrrole nitrogens is 1. The molecule has 0 bridgehead atoms. The van der Waals surface area contributed by atoms with Crippen molar-refractivity contribution in [2.45, 2.75) is 0 Å². The Morgan fingerprint density at radius 3 is 2.68 bits per heavy atom. The number of hydrogen-bond acceptors (Lipinski definition) is 6. The van der Waals surface area contributed by atoms with Crippen molar-refractivity contribution in [1.29, 1.82) is 0 Å². The Morgan fingerprint density at radius 1 is 1.32 bits per heavy atom. The van der Waals surface area contributed by atoms with Crippen LogP contribution in [-0.2, 0) is 4.79 Å². The van der Waals surface area contributed by atoms with Crippen molar-refractivity contribution in [3.05, 3.63) is 27.4 Å². The molecule has 2 rings (SSSR count). The van der Waals surface area contributed by atoms with Gasteiger partial charge in [0.05, 0.1) is 15.8 Å². The molecule has 9 heteroatoms. The molecular weight excluding hydrogens is 274 g/mol. The number of carboxylic acids is 2. The van der Waals surface area contributed by atoms with E-state index in [1.54, 1.807) is 0 Å². The van der Waals surface area contributed by atoms with Crippen molar-refractivity contribution in [3.63, 3.8) is 0 Å². The van der Waals surface area contributed by atoms with Crippen LogP contribution in [0.1, 0.15) is 10.4 Å². The second-order valence-corrected chi connectivity index (χ2v) is 4.43. The predicted octanol–water partition coefficient (Wildman–Crippen LogP) is 1.46. The number of nitrogens with zero attached hydrogens (tertiary/aromatic N) is 2. The molecule has 8 nitrogen and oxygen atoms in total. The molecule has 0 saturated heterocycles. The minimum atomic E-state index is -1.16. The van der Waals surface area contributed by atoms with E-state index in [-0.39, 0.29) is 21.5 Å². The fourth-order valence-electron chi connectivity index (χ4n) is 1.44. The average Bonchev–Trinajstić information content (AvgIpc) is 2.69. The summed E-state index contributed by atoms with van der Waals surface area (Å²) in [4.78, 5) is 34.7. The molecule has 1 heterocycles. The summed E-state index contributed by atoms with van der Waals surface area (Å²) in [5, 5.41) is 24.5.